The third-order valence-electron chi connectivity index (χ3n) is 4.28. The van der Waals surface area contributed by atoms with E-state index in [1.165, 1.54) is 38.5 Å². The maximum absolute atomic E-state index is 12.4. The lowest BCUT2D eigenvalue weighted by atomic mass is 10.2. The number of ether oxygens (including phenoxy) is 3. The van der Waals surface area contributed by atoms with Crippen molar-refractivity contribution < 1.29 is 23.8 Å². The molecule has 0 spiro atoms. The van der Waals surface area contributed by atoms with Crippen molar-refractivity contribution in [2.45, 2.75) is 6.54 Å². The Labute approximate surface area is 180 Å². The van der Waals surface area contributed by atoms with Crippen LogP contribution in [0, 0.1) is 0 Å². The third-order valence-corrected chi connectivity index (χ3v) is 4.58. The van der Waals surface area contributed by atoms with Crippen molar-refractivity contribution in [3.63, 3.8) is 0 Å². The molecule has 0 aliphatic carbocycles. The second kappa shape index (κ2) is 9.35. The number of aromatic amines is 1. The highest BCUT2D eigenvalue weighted by Crippen LogP contribution is 2.35. The molecule has 11 heteroatoms. The summed E-state index contributed by atoms with van der Waals surface area (Å²) in [6.45, 7) is -1.19. The molecule has 0 aliphatic rings. The quantitative estimate of drug-likeness (QED) is 0.525. The SMILES string of the molecule is COc1cc(NC(=O)COC(=O)Cn2[nH]c(=O)c3ccccc3c2=O)c(OC)cc1Cl. The van der Waals surface area contributed by atoms with E-state index in [1.54, 1.807) is 12.1 Å². The van der Waals surface area contributed by atoms with Crippen molar-refractivity contribution in [1.29, 1.82) is 0 Å². The average Bonchev–Trinajstić information content (AvgIpc) is 2.76. The van der Waals surface area contributed by atoms with Gasteiger partial charge in [-0.25, -0.2) is 4.68 Å². The molecule has 162 valence electrons. The predicted octanol–water partition coefficient (Wildman–Crippen LogP) is 1.54. The smallest absolute Gasteiger partial charge is 0.328 e. The Balaban J connectivity index is 1.66. The molecule has 2 N–H and O–H groups in total. The van der Waals surface area contributed by atoms with Gasteiger partial charge in [-0.2, -0.15) is 0 Å². The minimum absolute atomic E-state index is 0.167. The zero-order chi connectivity index (χ0) is 22.5. The summed E-state index contributed by atoms with van der Waals surface area (Å²) in [5, 5.41) is 5.50. The fourth-order valence-electron chi connectivity index (χ4n) is 2.82. The molecule has 0 unspecified atom stereocenters. The van der Waals surface area contributed by atoms with Crippen LogP contribution in [-0.2, 0) is 20.9 Å². The molecule has 3 rings (SSSR count). The van der Waals surface area contributed by atoms with Gasteiger partial charge in [0.1, 0.15) is 18.0 Å². The molecule has 31 heavy (non-hydrogen) atoms. The number of methoxy groups -OCH3 is 2. The molecule has 10 nitrogen and oxygen atoms in total. The first-order valence-electron chi connectivity index (χ1n) is 8.93. The molecule has 0 atom stereocenters. The monoisotopic (exact) mass is 447 g/mol. The minimum atomic E-state index is -0.885. The van der Waals surface area contributed by atoms with Gasteiger partial charge in [0.15, 0.2) is 6.61 Å². The highest BCUT2D eigenvalue weighted by molar-refractivity contribution is 6.32. The van der Waals surface area contributed by atoms with E-state index in [1.807, 2.05) is 0 Å². The van der Waals surface area contributed by atoms with Crippen LogP contribution >= 0.6 is 11.6 Å². The number of H-pyrrole nitrogens is 1. The van der Waals surface area contributed by atoms with Crippen LogP contribution in [0.4, 0.5) is 5.69 Å². The van der Waals surface area contributed by atoms with E-state index in [4.69, 9.17) is 25.8 Å². The number of nitrogens with zero attached hydrogens (tertiary/aromatic N) is 1. The number of hydrogen-bond donors (Lipinski definition) is 2. The van der Waals surface area contributed by atoms with Crippen LogP contribution in [0.1, 0.15) is 0 Å². The van der Waals surface area contributed by atoms with Gasteiger partial charge in [0.2, 0.25) is 0 Å². The van der Waals surface area contributed by atoms with Crippen LogP contribution in [0.2, 0.25) is 5.02 Å². The summed E-state index contributed by atoms with van der Waals surface area (Å²) in [4.78, 5) is 48.8. The molecular weight excluding hydrogens is 430 g/mol. The standard InChI is InChI=1S/C20H18ClN3O7/c1-29-15-8-14(16(30-2)7-13(15)21)22-17(25)10-31-18(26)9-24-20(28)12-6-4-3-5-11(12)19(27)23-24/h3-8H,9-10H2,1-2H3,(H,22,25)(H,23,27). The number of fused-ring (bicyclic) bond motifs is 1. The van der Waals surface area contributed by atoms with Gasteiger partial charge < -0.3 is 19.5 Å². The van der Waals surface area contributed by atoms with Crippen LogP contribution in [0.5, 0.6) is 11.5 Å². The largest absolute Gasteiger partial charge is 0.495 e. The molecule has 0 saturated heterocycles. The van der Waals surface area contributed by atoms with E-state index in [2.05, 4.69) is 10.4 Å². The number of amides is 1. The summed E-state index contributed by atoms with van der Waals surface area (Å²) >= 11 is 6.02. The lowest BCUT2D eigenvalue weighted by Crippen LogP contribution is -2.33. The summed E-state index contributed by atoms with van der Waals surface area (Å²) in [5.74, 6) is -0.945. The first-order chi connectivity index (χ1) is 14.8. The zero-order valence-corrected chi connectivity index (χ0v) is 17.3. The first-order valence-corrected chi connectivity index (χ1v) is 9.30. The van der Waals surface area contributed by atoms with E-state index in [-0.39, 0.29) is 22.2 Å². The Morgan fingerprint density at radius 2 is 1.74 bits per heavy atom. The van der Waals surface area contributed by atoms with Gasteiger partial charge in [-0.15, -0.1) is 0 Å². The van der Waals surface area contributed by atoms with Crippen molar-refractivity contribution in [2.75, 3.05) is 26.1 Å². The van der Waals surface area contributed by atoms with Crippen molar-refractivity contribution in [3.05, 3.63) is 62.1 Å². The van der Waals surface area contributed by atoms with Gasteiger partial charge in [0.25, 0.3) is 17.0 Å². The predicted molar refractivity (Wildman–Crippen MR) is 113 cm³/mol. The van der Waals surface area contributed by atoms with E-state index in [0.717, 1.165) is 4.68 Å². The highest BCUT2D eigenvalue weighted by atomic mass is 35.5. The number of halogens is 1. The molecule has 2 aromatic carbocycles. The molecule has 0 radical (unpaired) electrons. The summed E-state index contributed by atoms with van der Waals surface area (Å²) < 4.78 is 16.0. The number of benzene rings is 2. The molecular formula is C20H18ClN3O7. The average molecular weight is 448 g/mol. The molecule has 0 fully saturated rings. The van der Waals surface area contributed by atoms with Gasteiger partial charge in [0.05, 0.1) is 35.7 Å². The first kappa shape index (κ1) is 21.9. The zero-order valence-electron chi connectivity index (χ0n) is 16.6. The summed E-state index contributed by atoms with van der Waals surface area (Å²) in [7, 11) is 2.82. The molecule has 3 aromatic rings. The van der Waals surface area contributed by atoms with Gasteiger partial charge in [-0.3, -0.25) is 24.3 Å². The fourth-order valence-corrected chi connectivity index (χ4v) is 3.05. The number of carbonyl (C=O) groups excluding carboxylic acids is 2. The normalized spacial score (nSPS) is 10.5. The lowest BCUT2D eigenvalue weighted by Gasteiger charge is -2.13. The molecule has 1 heterocycles. The maximum atomic E-state index is 12.4. The van der Waals surface area contributed by atoms with Gasteiger partial charge in [-0.05, 0) is 12.1 Å². The van der Waals surface area contributed by atoms with Crippen LogP contribution < -0.4 is 25.9 Å². The molecule has 0 aliphatic heterocycles. The van der Waals surface area contributed by atoms with Gasteiger partial charge in [0, 0.05) is 12.1 Å². The van der Waals surface area contributed by atoms with Gasteiger partial charge in [-0.1, -0.05) is 23.7 Å². The van der Waals surface area contributed by atoms with E-state index in [0.29, 0.717) is 10.8 Å². The number of hydrogen-bond acceptors (Lipinski definition) is 7. The van der Waals surface area contributed by atoms with Gasteiger partial charge >= 0.3 is 5.97 Å². The van der Waals surface area contributed by atoms with E-state index < -0.39 is 36.1 Å². The summed E-state index contributed by atoms with van der Waals surface area (Å²) in [5.41, 5.74) is -0.820. The Morgan fingerprint density at radius 3 is 2.42 bits per heavy atom. The van der Waals surface area contributed by atoms with Crippen LogP contribution in [0.3, 0.4) is 0 Å². The van der Waals surface area contributed by atoms with Crippen molar-refractivity contribution in [3.8, 4) is 11.5 Å². The molecule has 1 amide bonds. The minimum Gasteiger partial charge on any atom is -0.495 e. The van der Waals surface area contributed by atoms with Crippen LogP contribution in [0.25, 0.3) is 10.8 Å². The Kier molecular flexibility index (Phi) is 6.61. The molecule has 1 aromatic heterocycles. The number of rotatable bonds is 7. The number of nitrogens with one attached hydrogen (secondary N) is 2. The third kappa shape index (κ3) is 4.86. The Bertz CT molecular complexity index is 1270. The number of esters is 1. The summed E-state index contributed by atoms with van der Waals surface area (Å²) in [6.07, 6.45) is 0. The Morgan fingerprint density at radius 1 is 1.06 bits per heavy atom. The second-order valence-corrected chi connectivity index (χ2v) is 6.68. The van der Waals surface area contributed by atoms with E-state index in [9.17, 15) is 19.2 Å². The molecule has 0 bridgehead atoms. The highest BCUT2D eigenvalue weighted by Gasteiger charge is 2.15. The maximum Gasteiger partial charge on any atom is 0.328 e. The fraction of sp³-hybridized carbons (Fsp3) is 0.200. The summed E-state index contributed by atoms with van der Waals surface area (Å²) in [6, 6.07) is 9.14. The second-order valence-electron chi connectivity index (χ2n) is 6.27. The molecule has 0 saturated carbocycles. The van der Waals surface area contributed by atoms with Crippen molar-refractivity contribution >= 4 is 39.9 Å². The lowest BCUT2D eigenvalue weighted by molar-refractivity contribution is -0.148. The van der Waals surface area contributed by atoms with Crippen molar-refractivity contribution in [1.82, 2.24) is 9.78 Å². The topological polar surface area (TPSA) is 129 Å². The van der Waals surface area contributed by atoms with E-state index >= 15 is 0 Å². The number of anilines is 1. The van der Waals surface area contributed by atoms with Crippen molar-refractivity contribution in [2.24, 2.45) is 0 Å². The number of aromatic nitrogens is 2. The number of carbonyl (C=O) groups is 2. The van der Waals surface area contributed by atoms with Crippen LogP contribution in [-0.4, -0.2) is 42.5 Å². The Hall–Kier alpha value is -3.79. The van der Waals surface area contributed by atoms with Crippen LogP contribution in [0.15, 0.2) is 46.0 Å².